The Hall–Kier alpha value is -5.86. The molecule has 9 rings (SSSR count). The molecule has 2 nitrogen and oxygen atoms in total. The highest BCUT2D eigenvalue weighted by Crippen LogP contribution is 2.54. The maximum absolute atomic E-state index is 3.98. The molecule has 0 aromatic heterocycles. The standard InChI is InChI=1S/C58H60N2/c1-36-30-43(38-20-15-13-16-21-38)49(56(6,7)8)35-54(36)60(41-27-29-47-51(32-41)58(47,11)12)53-25-19-24-42(37(53)2)45-33-44(39-22-17-14-18-23-39)48(55(3,4)5)34-52(45)59-40-26-28-46-50(31-40)57(46,9)10/h13-35,59H,1-12H3. The van der Waals surface area contributed by atoms with Crippen molar-refractivity contribution in [3.63, 3.8) is 0 Å². The minimum atomic E-state index is -0.0864. The van der Waals surface area contributed by atoms with Gasteiger partial charge in [-0.25, -0.2) is 0 Å². The number of hydrogen-bond acceptors (Lipinski definition) is 2. The van der Waals surface area contributed by atoms with Crippen molar-refractivity contribution in [2.75, 3.05) is 10.2 Å². The Balaban J connectivity index is 1.28. The lowest BCUT2D eigenvalue weighted by Crippen LogP contribution is -2.18. The summed E-state index contributed by atoms with van der Waals surface area (Å²) in [4.78, 5) is 2.54. The van der Waals surface area contributed by atoms with Gasteiger partial charge in [0.1, 0.15) is 0 Å². The number of nitrogens with one attached hydrogen (secondary N) is 1. The van der Waals surface area contributed by atoms with Gasteiger partial charge < -0.3 is 10.2 Å². The van der Waals surface area contributed by atoms with Gasteiger partial charge in [-0.2, -0.15) is 0 Å². The molecule has 2 aliphatic rings. The molecule has 0 radical (unpaired) electrons. The van der Waals surface area contributed by atoms with Gasteiger partial charge in [0, 0.05) is 44.8 Å². The summed E-state index contributed by atoms with van der Waals surface area (Å²) < 4.78 is 0. The second kappa shape index (κ2) is 13.8. The quantitative estimate of drug-likeness (QED) is 0.165. The first-order chi connectivity index (χ1) is 28.4. The molecule has 7 aromatic rings. The number of fused-ring (bicyclic) bond motifs is 2. The van der Waals surface area contributed by atoms with E-state index < -0.39 is 0 Å². The van der Waals surface area contributed by atoms with Crippen LogP contribution in [0.15, 0.2) is 140 Å². The summed E-state index contributed by atoms with van der Waals surface area (Å²) in [5.41, 5.74) is 24.2. The molecule has 302 valence electrons. The summed E-state index contributed by atoms with van der Waals surface area (Å²) >= 11 is 0. The fraction of sp³-hybridized carbons (Fsp3) is 0.276. The lowest BCUT2D eigenvalue weighted by atomic mass is 9.79. The van der Waals surface area contributed by atoms with E-state index in [1.807, 2.05) is 0 Å². The Bertz CT molecular complexity index is 2810. The van der Waals surface area contributed by atoms with E-state index >= 15 is 0 Å². The van der Waals surface area contributed by atoms with Crippen molar-refractivity contribution in [3.8, 4) is 33.4 Å². The van der Waals surface area contributed by atoms with Crippen LogP contribution >= 0.6 is 0 Å². The highest BCUT2D eigenvalue weighted by Gasteiger charge is 2.42. The monoisotopic (exact) mass is 784 g/mol. The van der Waals surface area contributed by atoms with E-state index in [2.05, 4.69) is 233 Å². The molecule has 7 aromatic carbocycles. The Morgan fingerprint density at radius 2 is 1.00 bits per heavy atom. The van der Waals surface area contributed by atoms with Gasteiger partial charge in [0.15, 0.2) is 0 Å². The molecule has 0 saturated heterocycles. The van der Waals surface area contributed by atoms with Crippen molar-refractivity contribution >= 4 is 28.4 Å². The molecular formula is C58H60N2. The van der Waals surface area contributed by atoms with Crippen LogP contribution in [-0.4, -0.2) is 0 Å². The van der Waals surface area contributed by atoms with Crippen LogP contribution in [0.2, 0.25) is 0 Å². The molecule has 0 saturated carbocycles. The van der Waals surface area contributed by atoms with Crippen LogP contribution in [0.1, 0.15) is 114 Å². The van der Waals surface area contributed by atoms with Crippen LogP contribution in [0.25, 0.3) is 33.4 Å². The predicted molar refractivity (Wildman–Crippen MR) is 258 cm³/mol. The van der Waals surface area contributed by atoms with E-state index in [1.165, 1.54) is 95.0 Å². The Labute approximate surface area is 359 Å². The summed E-state index contributed by atoms with van der Waals surface area (Å²) in [5, 5.41) is 3.98. The lowest BCUT2D eigenvalue weighted by Gasteiger charge is -2.33. The first kappa shape index (κ1) is 39.6. The largest absolute Gasteiger partial charge is 0.355 e. The van der Waals surface area contributed by atoms with Gasteiger partial charge in [0.2, 0.25) is 0 Å². The van der Waals surface area contributed by atoms with Crippen LogP contribution in [0, 0.1) is 13.8 Å². The van der Waals surface area contributed by atoms with E-state index in [4.69, 9.17) is 0 Å². The number of nitrogens with zero attached hydrogens (tertiary/aromatic N) is 1. The van der Waals surface area contributed by atoms with E-state index in [1.54, 1.807) is 0 Å². The van der Waals surface area contributed by atoms with Crippen LogP contribution < -0.4 is 10.2 Å². The van der Waals surface area contributed by atoms with E-state index in [0.717, 1.165) is 11.4 Å². The third-order valence-electron chi connectivity index (χ3n) is 13.5. The zero-order chi connectivity index (χ0) is 42.5. The van der Waals surface area contributed by atoms with E-state index in [9.17, 15) is 0 Å². The fourth-order valence-corrected chi connectivity index (χ4v) is 9.66. The van der Waals surface area contributed by atoms with E-state index in [-0.39, 0.29) is 21.7 Å². The van der Waals surface area contributed by atoms with Gasteiger partial charge in [-0.3, -0.25) is 0 Å². The highest BCUT2D eigenvalue weighted by molar-refractivity contribution is 5.93. The van der Waals surface area contributed by atoms with Crippen LogP contribution in [0.4, 0.5) is 28.4 Å². The Morgan fingerprint density at radius 3 is 1.57 bits per heavy atom. The summed E-state index contributed by atoms with van der Waals surface area (Å²) in [6.45, 7) is 27.9. The molecule has 1 N–H and O–H groups in total. The average molecular weight is 785 g/mol. The molecule has 0 amide bonds. The van der Waals surface area contributed by atoms with Crippen LogP contribution in [-0.2, 0) is 21.7 Å². The Kier molecular flexibility index (Phi) is 9.14. The van der Waals surface area contributed by atoms with Crippen molar-refractivity contribution in [2.45, 2.75) is 105 Å². The highest BCUT2D eigenvalue weighted by atomic mass is 15.1. The first-order valence-electron chi connectivity index (χ1n) is 21.8. The molecule has 0 fully saturated rings. The average Bonchev–Trinajstić information content (AvgIpc) is 3.99. The molecule has 60 heavy (non-hydrogen) atoms. The molecule has 0 aliphatic heterocycles. The second-order valence-corrected chi connectivity index (χ2v) is 20.5. The third-order valence-corrected chi connectivity index (χ3v) is 13.5. The minimum Gasteiger partial charge on any atom is -0.355 e. The number of benzene rings is 7. The molecular weight excluding hydrogens is 725 g/mol. The molecule has 0 spiro atoms. The summed E-state index contributed by atoms with van der Waals surface area (Å²) in [7, 11) is 0. The number of hydrogen-bond donors (Lipinski definition) is 1. The van der Waals surface area contributed by atoms with Crippen LogP contribution in [0.5, 0.6) is 0 Å². The van der Waals surface area contributed by atoms with Gasteiger partial charge in [-0.15, -0.1) is 0 Å². The van der Waals surface area contributed by atoms with Crippen molar-refractivity contribution in [3.05, 3.63) is 184 Å². The molecule has 2 heteroatoms. The smallest absolute Gasteiger partial charge is 0.0497 e. The zero-order valence-corrected chi connectivity index (χ0v) is 37.7. The zero-order valence-electron chi connectivity index (χ0n) is 37.7. The minimum absolute atomic E-state index is 0.0842. The Morgan fingerprint density at radius 1 is 0.450 bits per heavy atom. The number of anilines is 5. The van der Waals surface area contributed by atoms with Gasteiger partial charge in [0.25, 0.3) is 0 Å². The normalized spacial score (nSPS) is 14.6. The third kappa shape index (κ3) is 6.75. The predicted octanol–water partition coefficient (Wildman–Crippen LogP) is 16.4. The summed E-state index contributed by atoms with van der Waals surface area (Å²) in [6, 6.07) is 52.5. The molecule has 0 atom stereocenters. The molecule has 0 unspecified atom stereocenters. The fourth-order valence-electron chi connectivity index (χ4n) is 9.66. The number of rotatable bonds is 8. The van der Waals surface area contributed by atoms with Gasteiger partial charge >= 0.3 is 0 Å². The molecule has 0 bridgehead atoms. The lowest BCUT2D eigenvalue weighted by molar-refractivity contribution is 0.592. The van der Waals surface area contributed by atoms with Gasteiger partial charge in [-0.1, -0.05) is 154 Å². The number of aryl methyl sites for hydroxylation is 1. The maximum atomic E-state index is 3.98. The maximum Gasteiger partial charge on any atom is 0.0497 e. The SMILES string of the molecule is Cc1cc(-c2ccccc2)c(C(C)(C)C)cc1N(c1ccc2c(c1)C2(C)C)c1cccc(-c2cc(-c3ccccc3)c(C(C)(C)C)cc2Nc2ccc3c(c2)C3(C)C)c1C. The second-order valence-electron chi connectivity index (χ2n) is 20.5. The van der Waals surface area contributed by atoms with Crippen molar-refractivity contribution in [1.82, 2.24) is 0 Å². The van der Waals surface area contributed by atoms with Crippen molar-refractivity contribution in [2.24, 2.45) is 0 Å². The van der Waals surface area contributed by atoms with Crippen LogP contribution in [0.3, 0.4) is 0 Å². The molecule has 2 aliphatic carbocycles. The van der Waals surface area contributed by atoms with Crippen molar-refractivity contribution < 1.29 is 0 Å². The van der Waals surface area contributed by atoms with Gasteiger partial charge in [0.05, 0.1) is 0 Å². The van der Waals surface area contributed by atoms with Crippen molar-refractivity contribution in [1.29, 1.82) is 0 Å². The molecule has 0 heterocycles. The van der Waals surface area contributed by atoms with E-state index in [0.29, 0.717) is 0 Å². The summed E-state index contributed by atoms with van der Waals surface area (Å²) in [6.07, 6.45) is 0. The topological polar surface area (TPSA) is 15.3 Å². The first-order valence-corrected chi connectivity index (χ1v) is 21.8. The van der Waals surface area contributed by atoms with Gasteiger partial charge in [-0.05, 0) is 152 Å². The summed E-state index contributed by atoms with van der Waals surface area (Å²) in [5.74, 6) is 0.